The van der Waals surface area contributed by atoms with Crippen LogP contribution in [0.2, 0.25) is 5.02 Å². The summed E-state index contributed by atoms with van der Waals surface area (Å²) in [7, 11) is 0. The van der Waals surface area contributed by atoms with E-state index in [0.29, 0.717) is 40.8 Å². The molecule has 1 fully saturated rings. The minimum atomic E-state index is -0.362. The van der Waals surface area contributed by atoms with Crippen LogP contribution in [-0.2, 0) is 6.67 Å². The van der Waals surface area contributed by atoms with Crippen LogP contribution in [0.4, 0.5) is 10.1 Å². The fourth-order valence-electron chi connectivity index (χ4n) is 3.54. The first-order valence-electron chi connectivity index (χ1n) is 9.60. The first kappa shape index (κ1) is 20.7. The number of carbonyl (C=O) groups excluding carboxylic acids is 1. The molecule has 0 N–H and O–H groups in total. The Hall–Kier alpha value is -2.55. The Kier molecular flexibility index (Phi) is 5.99. The maximum absolute atomic E-state index is 14.4. The van der Waals surface area contributed by atoms with Crippen molar-refractivity contribution in [2.75, 3.05) is 31.1 Å². The van der Waals surface area contributed by atoms with Gasteiger partial charge in [0, 0.05) is 36.8 Å². The van der Waals surface area contributed by atoms with Gasteiger partial charge < -0.3 is 4.90 Å². The third-order valence-corrected chi connectivity index (χ3v) is 5.86. The van der Waals surface area contributed by atoms with Gasteiger partial charge in [0.05, 0.1) is 18.0 Å². The number of ketones is 1. The Labute approximate surface area is 184 Å². The summed E-state index contributed by atoms with van der Waals surface area (Å²) in [6, 6.07) is 12.1. The topological polar surface area (TPSA) is 46.3 Å². The number of carbonyl (C=O) groups is 1. The van der Waals surface area contributed by atoms with Crippen LogP contribution < -0.4 is 4.90 Å². The molecule has 6 nitrogen and oxygen atoms in total. The van der Waals surface area contributed by atoms with Gasteiger partial charge in [0.1, 0.15) is 12.1 Å². The molecule has 2 heterocycles. The molecule has 0 atom stereocenters. The Bertz CT molecular complexity index is 1140. The number of halogens is 2. The van der Waals surface area contributed by atoms with E-state index in [2.05, 4.69) is 10.00 Å². The van der Waals surface area contributed by atoms with Crippen molar-refractivity contribution in [2.45, 2.75) is 13.6 Å². The second-order valence-corrected chi connectivity index (χ2v) is 8.03. The molecule has 0 amide bonds. The molecule has 9 heteroatoms. The van der Waals surface area contributed by atoms with Crippen LogP contribution in [-0.4, -0.2) is 51.2 Å². The zero-order chi connectivity index (χ0) is 21.3. The van der Waals surface area contributed by atoms with Crippen molar-refractivity contribution < 1.29 is 9.18 Å². The van der Waals surface area contributed by atoms with E-state index in [1.807, 2.05) is 33.7 Å². The molecule has 0 bridgehead atoms. The summed E-state index contributed by atoms with van der Waals surface area (Å²) >= 11 is 11.7. The molecule has 1 aliphatic rings. The maximum atomic E-state index is 14.4. The first-order valence-corrected chi connectivity index (χ1v) is 10.4. The van der Waals surface area contributed by atoms with E-state index < -0.39 is 0 Å². The molecule has 0 aliphatic carbocycles. The molecule has 1 saturated heterocycles. The third kappa shape index (κ3) is 4.30. The number of nitrogens with zero attached hydrogens (tertiary/aromatic N) is 5. The highest BCUT2D eigenvalue weighted by Gasteiger charge is 2.21. The Morgan fingerprint density at radius 1 is 1.17 bits per heavy atom. The van der Waals surface area contributed by atoms with Gasteiger partial charge >= 0.3 is 0 Å². The lowest BCUT2D eigenvalue weighted by Crippen LogP contribution is -2.47. The van der Waals surface area contributed by atoms with Gasteiger partial charge in [-0.3, -0.25) is 14.3 Å². The highest BCUT2D eigenvalue weighted by Crippen LogP contribution is 2.22. The summed E-state index contributed by atoms with van der Waals surface area (Å²) in [5.41, 5.74) is 1.79. The number of aromatic nitrogens is 3. The number of piperazine rings is 1. The van der Waals surface area contributed by atoms with Crippen molar-refractivity contribution in [2.24, 2.45) is 0 Å². The first-order chi connectivity index (χ1) is 14.4. The van der Waals surface area contributed by atoms with E-state index >= 15 is 0 Å². The molecule has 0 unspecified atom stereocenters. The second-order valence-electron chi connectivity index (χ2n) is 7.23. The average Bonchev–Trinajstić information content (AvgIpc) is 3.09. The molecule has 0 radical (unpaired) electrons. The zero-order valence-corrected chi connectivity index (χ0v) is 18.0. The number of anilines is 1. The van der Waals surface area contributed by atoms with Crippen LogP contribution in [0.3, 0.4) is 0 Å². The van der Waals surface area contributed by atoms with Crippen LogP contribution in [0, 0.1) is 10.6 Å². The SMILES string of the molecule is CC(=O)c1ccc(N2CCN(Cn3ncn(-c4cccc(Cl)c4)c3=S)CC2)c(F)c1. The van der Waals surface area contributed by atoms with Gasteiger partial charge in [-0.1, -0.05) is 17.7 Å². The minimum Gasteiger partial charge on any atom is -0.367 e. The minimum absolute atomic E-state index is 0.140. The van der Waals surface area contributed by atoms with Crippen molar-refractivity contribution in [3.63, 3.8) is 0 Å². The Morgan fingerprint density at radius 3 is 2.60 bits per heavy atom. The van der Waals surface area contributed by atoms with Crippen LogP contribution in [0.25, 0.3) is 5.69 Å². The quantitative estimate of drug-likeness (QED) is 0.435. The summed E-state index contributed by atoms with van der Waals surface area (Å²) < 4.78 is 18.6. The van der Waals surface area contributed by atoms with Gasteiger partial charge in [-0.2, -0.15) is 5.10 Å². The summed E-state index contributed by atoms with van der Waals surface area (Å²) in [6.07, 6.45) is 1.69. The highest BCUT2D eigenvalue weighted by atomic mass is 35.5. The Morgan fingerprint density at radius 2 is 1.93 bits per heavy atom. The second kappa shape index (κ2) is 8.67. The molecular formula is C21H21ClFN5OS. The van der Waals surface area contributed by atoms with Crippen molar-refractivity contribution in [1.29, 1.82) is 0 Å². The van der Waals surface area contributed by atoms with Crippen LogP contribution in [0.15, 0.2) is 48.8 Å². The number of Topliss-reactive ketones (excluding diaryl/α,β-unsaturated/α-hetero) is 1. The summed E-state index contributed by atoms with van der Waals surface area (Å²) in [5, 5.41) is 5.06. The van der Waals surface area contributed by atoms with Crippen LogP contribution in [0.5, 0.6) is 0 Å². The molecule has 0 saturated carbocycles. The van der Waals surface area contributed by atoms with Gasteiger partial charge in [0.15, 0.2) is 5.78 Å². The van der Waals surface area contributed by atoms with E-state index in [0.717, 1.165) is 18.8 Å². The largest absolute Gasteiger partial charge is 0.367 e. The summed E-state index contributed by atoms with van der Waals surface area (Å²) in [5.74, 6) is -0.502. The standard InChI is InChI=1S/C21H21ClFN5OS/c1-15(29)16-5-6-20(19(23)11-16)26-9-7-25(8-10-26)14-28-21(30)27(13-24-28)18-4-2-3-17(22)12-18/h2-6,11-13H,7-10,14H2,1H3. The molecule has 4 rings (SSSR count). The Balaban J connectivity index is 1.41. The van der Waals surface area contributed by atoms with E-state index in [9.17, 15) is 9.18 Å². The predicted molar refractivity (Wildman–Crippen MR) is 118 cm³/mol. The van der Waals surface area contributed by atoms with Crippen LogP contribution >= 0.6 is 23.8 Å². The summed E-state index contributed by atoms with van der Waals surface area (Å²) in [4.78, 5) is 15.7. The normalized spacial score (nSPS) is 14.8. The van der Waals surface area contributed by atoms with Crippen LogP contribution in [0.1, 0.15) is 17.3 Å². The molecule has 2 aromatic carbocycles. The number of rotatable bonds is 5. The molecule has 0 spiro atoms. The monoisotopic (exact) mass is 445 g/mol. The number of benzene rings is 2. The van der Waals surface area contributed by atoms with Crippen molar-refractivity contribution in [1.82, 2.24) is 19.2 Å². The molecule has 156 valence electrons. The third-order valence-electron chi connectivity index (χ3n) is 5.22. The van der Waals surface area contributed by atoms with Gasteiger partial charge in [0.25, 0.3) is 0 Å². The molecule has 1 aliphatic heterocycles. The lowest BCUT2D eigenvalue weighted by atomic mass is 10.1. The fourth-order valence-corrected chi connectivity index (χ4v) is 3.98. The van der Waals surface area contributed by atoms with Gasteiger partial charge in [-0.05, 0) is 55.5 Å². The smallest absolute Gasteiger partial charge is 0.203 e. The lowest BCUT2D eigenvalue weighted by Gasteiger charge is -2.36. The fraction of sp³-hybridized carbons (Fsp3) is 0.286. The average molecular weight is 446 g/mol. The molecule has 30 heavy (non-hydrogen) atoms. The summed E-state index contributed by atoms with van der Waals surface area (Å²) in [6.45, 7) is 4.86. The number of hydrogen-bond acceptors (Lipinski definition) is 5. The lowest BCUT2D eigenvalue weighted by molar-refractivity contribution is 0.101. The van der Waals surface area contributed by atoms with E-state index in [1.54, 1.807) is 23.1 Å². The maximum Gasteiger partial charge on any atom is 0.203 e. The number of hydrogen-bond donors (Lipinski definition) is 0. The molecular weight excluding hydrogens is 425 g/mol. The van der Waals surface area contributed by atoms with Gasteiger partial charge in [-0.15, -0.1) is 0 Å². The zero-order valence-electron chi connectivity index (χ0n) is 16.5. The van der Waals surface area contributed by atoms with Gasteiger partial charge in [0.2, 0.25) is 4.77 Å². The van der Waals surface area contributed by atoms with E-state index in [-0.39, 0.29) is 11.6 Å². The van der Waals surface area contributed by atoms with Crippen molar-refractivity contribution in [3.05, 3.63) is 70.0 Å². The van der Waals surface area contributed by atoms with E-state index in [1.165, 1.54) is 13.0 Å². The van der Waals surface area contributed by atoms with Crippen molar-refractivity contribution in [3.8, 4) is 5.69 Å². The van der Waals surface area contributed by atoms with Crippen molar-refractivity contribution >= 4 is 35.3 Å². The predicted octanol–water partition coefficient (Wildman–Crippen LogP) is 4.18. The van der Waals surface area contributed by atoms with Gasteiger partial charge in [-0.25, -0.2) is 9.07 Å². The molecule has 3 aromatic rings. The highest BCUT2D eigenvalue weighted by molar-refractivity contribution is 7.71. The molecule has 1 aromatic heterocycles. The van der Waals surface area contributed by atoms with E-state index in [4.69, 9.17) is 23.8 Å².